The van der Waals surface area contributed by atoms with E-state index in [9.17, 15) is 18.0 Å². The first-order valence-electron chi connectivity index (χ1n) is 8.87. The molecule has 2 amide bonds. The molecule has 9 heteroatoms. The molecule has 0 aromatic heterocycles. The molecule has 150 valence electrons. The summed E-state index contributed by atoms with van der Waals surface area (Å²) < 4.78 is 33.5. The Morgan fingerprint density at radius 2 is 2.00 bits per heavy atom. The third kappa shape index (κ3) is 4.78. The van der Waals surface area contributed by atoms with Crippen LogP contribution in [-0.4, -0.2) is 38.4 Å². The normalized spacial score (nSPS) is 17.4. The van der Waals surface area contributed by atoms with E-state index in [2.05, 4.69) is 10.0 Å². The van der Waals surface area contributed by atoms with Crippen LogP contribution in [0.5, 0.6) is 5.75 Å². The van der Waals surface area contributed by atoms with Crippen molar-refractivity contribution in [1.29, 1.82) is 0 Å². The molecule has 0 saturated heterocycles. The highest BCUT2D eigenvalue weighted by Crippen LogP contribution is 2.39. The number of rotatable bonds is 7. The van der Waals surface area contributed by atoms with Crippen molar-refractivity contribution < 1.29 is 22.7 Å². The van der Waals surface area contributed by atoms with Gasteiger partial charge in [0, 0.05) is 6.42 Å². The average Bonchev–Trinajstić information content (AvgIpc) is 2.91. The van der Waals surface area contributed by atoms with E-state index in [0.29, 0.717) is 12.8 Å². The SMILES string of the molecule is CC[C@H](C)[C@H](NC(=O)CN)C(=O)NS(=O)(=O)c1cccc2c1OC(C)(C)C2. The summed E-state index contributed by atoms with van der Waals surface area (Å²) in [6.07, 6.45) is 1.14. The van der Waals surface area contributed by atoms with Crippen LogP contribution in [0.4, 0.5) is 0 Å². The van der Waals surface area contributed by atoms with E-state index < -0.39 is 33.5 Å². The Hall–Kier alpha value is -2.13. The van der Waals surface area contributed by atoms with Crippen molar-refractivity contribution in [3.63, 3.8) is 0 Å². The number of sulfonamides is 1. The number of hydrogen-bond acceptors (Lipinski definition) is 6. The van der Waals surface area contributed by atoms with E-state index in [1.165, 1.54) is 6.07 Å². The van der Waals surface area contributed by atoms with Crippen molar-refractivity contribution in [3.8, 4) is 5.75 Å². The molecule has 1 heterocycles. The maximum atomic E-state index is 12.8. The minimum atomic E-state index is -4.17. The first kappa shape index (κ1) is 21.2. The quantitative estimate of drug-likeness (QED) is 0.621. The van der Waals surface area contributed by atoms with E-state index >= 15 is 0 Å². The number of nitrogens with one attached hydrogen (secondary N) is 2. The molecule has 8 nitrogen and oxygen atoms in total. The second-order valence-electron chi connectivity index (χ2n) is 7.39. The zero-order valence-corrected chi connectivity index (χ0v) is 16.9. The molecule has 1 aliphatic rings. The molecule has 2 rings (SSSR count). The second kappa shape index (κ2) is 7.85. The molecule has 1 aromatic rings. The summed E-state index contributed by atoms with van der Waals surface area (Å²) in [5.41, 5.74) is 5.54. The van der Waals surface area contributed by atoms with Crippen LogP contribution in [0, 0.1) is 5.92 Å². The highest BCUT2D eigenvalue weighted by Gasteiger charge is 2.36. The predicted molar refractivity (Wildman–Crippen MR) is 101 cm³/mol. The van der Waals surface area contributed by atoms with E-state index in [1.54, 1.807) is 19.1 Å². The maximum absolute atomic E-state index is 12.8. The number of amides is 2. The molecular weight excluding hydrogens is 370 g/mol. The Balaban J connectivity index is 2.29. The Morgan fingerprint density at radius 1 is 1.33 bits per heavy atom. The summed E-state index contributed by atoms with van der Waals surface area (Å²) in [5.74, 6) is -1.35. The monoisotopic (exact) mass is 397 g/mol. The fourth-order valence-electron chi connectivity index (χ4n) is 2.98. The van der Waals surface area contributed by atoms with Gasteiger partial charge < -0.3 is 15.8 Å². The molecule has 4 N–H and O–H groups in total. The first-order chi connectivity index (χ1) is 12.5. The fourth-order valence-corrected chi connectivity index (χ4v) is 4.16. The third-order valence-corrected chi connectivity index (χ3v) is 5.95. The van der Waals surface area contributed by atoms with Crippen LogP contribution >= 0.6 is 0 Å². The number of carbonyl (C=O) groups excluding carboxylic acids is 2. The average molecular weight is 397 g/mol. The third-order valence-electron chi connectivity index (χ3n) is 4.58. The fraction of sp³-hybridized carbons (Fsp3) is 0.556. The standard InChI is InChI=1S/C18H27N3O5S/c1-5-11(2)15(20-14(22)10-19)17(23)21-27(24,25)13-8-6-7-12-9-18(3,4)26-16(12)13/h6-8,11,15H,5,9-10,19H2,1-4H3,(H,20,22)(H,21,23)/t11-,15-/m0/s1. The van der Waals surface area contributed by atoms with Crippen LogP contribution in [0.1, 0.15) is 39.7 Å². The van der Waals surface area contributed by atoms with Gasteiger partial charge in [0.1, 0.15) is 22.3 Å². The van der Waals surface area contributed by atoms with Crippen molar-refractivity contribution in [2.75, 3.05) is 6.54 Å². The van der Waals surface area contributed by atoms with E-state index in [4.69, 9.17) is 10.5 Å². The summed E-state index contributed by atoms with van der Waals surface area (Å²) in [5, 5.41) is 2.48. The van der Waals surface area contributed by atoms with Gasteiger partial charge in [0.15, 0.2) is 0 Å². The molecule has 0 radical (unpaired) electrons. The van der Waals surface area contributed by atoms with Gasteiger partial charge in [0.2, 0.25) is 5.91 Å². The van der Waals surface area contributed by atoms with Gasteiger partial charge in [-0.15, -0.1) is 0 Å². The van der Waals surface area contributed by atoms with E-state index in [1.807, 2.05) is 20.8 Å². The number of ether oxygens (including phenoxy) is 1. The lowest BCUT2D eigenvalue weighted by Gasteiger charge is -2.23. The van der Waals surface area contributed by atoms with Crippen molar-refractivity contribution in [2.24, 2.45) is 11.7 Å². The van der Waals surface area contributed by atoms with Crippen molar-refractivity contribution in [1.82, 2.24) is 10.0 Å². The Labute approximate surface area is 159 Å². The Kier molecular flexibility index (Phi) is 6.16. The molecule has 0 aliphatic carbocycles. The highest BCUT2D eigenvalue weighted by atomic mass is 32.2. The van der Waals surface area contributed by atoms with Gasteiger partial charge in [-0.2, -0.15) is 0 Å². The van der Waals surface area contributed by atoms with Gasteiger partial charge in [0.25, 0.3) is 15.9 Å². The number of fused-ring (bicyclic) bond motifs is 1. The Morgan fingerprint density at radius 3 is 2.59 bits per heavy atom. The molecule has 27 heavy (non-hydrogen) atoms. The molecule has 0 spiro atoms. The summed E-state index contributed by atoms with van der Waals surface area (Å²) in [6, 6.07) is 3.81. The number of nitrogens with two attached hydrogens (primary N) is 1. The number of benzene rings is 1. The van der Waals surface area contributed by atoms with Crippen LogP contribution < -0.4 is 20.5 Å². The van der Waals surface area contributed by atoms with Gasteiger partial charge in [-0.25, -0.2) is 13.1 Å². The summed E-state index contributed by atoms with van der Waals surface area (Å²) in [6.45, 7) is 7.03. The van der Waals surface area contributed by atoms with Crippen LogP contribution in [0.15, 0.2) is 23.1 Å². The zero-order chi connectivity index (χ0) is 20.4. The number of carbonyl (C=O) groups is 2. The maximum Gasteiger partial charge on any atom is 0.267 e. The van der Waals surface area contributed by atoms with Crippen LogP contribution in [0.2, 0.25) is 0 Å². The summed E-state index contributed by atoms with van der Waals surface area (Å²) in [7, 11) is -4.17. The smallest absolute Gasteiger partial charge is 0.267 e. The molecule has 0 fully saturated rings. The lowest BCUT2D eigenvalue weighted by molar-refractivity contribution is -0.128. The first-order valence-corrected chi connectivity index (χ1v) is 10.4. The van der Waals surface area contributed by atoms with Crippen molar-refractivity contribution in [3.05, 3.63) is 23.8 Å². The lowest BCUT2D eigenvalue weighted by Crippen LogP contribution is -2.52. The van der Waals surface area contributed by atoms with Gasteiger partial charge in [0.05, 0.1) is 6.54 Å². The molecule has 0 saturated carbocycles. The van der Waals surface area contributed by atoms with E-state index in [0.717, 1.165) is 5.56 Å². The summed E-state index contributed by atoms with van der Waals surface area (Å²) >= 11 is 0. The minimum absolute atomic E-state index is 0.0908. The van der Waals surface area contributed by atoms with Crippen molar-refractivity contribution in [2.45, 2.75) is 57.1 Å². The Bertz CT molecular complexity index is 835. The van der Waals surface area contributed by atoms with E-state index in [-0.39, 0.29) is 23.1 Å². The van der Waals surface area contributed by atoms with Gasteiger partial charge >= 0.3 is 0 Å². The minimum Gasteiger partial charge on any atom is -0.486 e. The van der Waals surface area contributed by atoms with Crippen LogP contribution in [0.25, 0.3) is 0 Å². The largest absolute Gasteiger partial charge is 0.486 e. The van der Waals surface area contributed by atoms with Crippen molar-refractivity contribution >= 4 is 21.8 Å². The van der Waals surface area contributed by atoms with Crippen LogP contribution in [-0.2, 0) is 26.0 Å². The zero-order valence-electron chi connectivity index (χ0n) is 16.0. The van der Waals surface area contributed by atoms with Gasteiger partial charge in [-0.1, -0.05) is 32.4 Å². The van der Waals surface area contributed by atoms with Gasteiger partial charge in [-0.3, -0.25) is 9.59 Å². The molecule has 1 aliphatic heterocycles. The predicted octanol–water partition coefficient (Wildman–Crippen LogP) is 0.695. The van der Waals surface area contributed by atoms with Gasteiger partial charge in [-0.05, 0) is 31.4 Å². The second-order valence-corrected chi connectivity index (χ2v) is 9.04. The number of hydrogen-bond donors (Lipinski definition) is 3. The topological polar surface area (TPSA) is 128 Å². The molecule has 0 bridgehead atoms. The van der Waals surface area contributed by atoms with Crippen LogP contribution in [0.3, 0.4) is 0 Å². The highest BCUT2D eigenvalue weighted by molar-refractivity contribution is 7.90. The number of para-hydroxylation sites is 1. The molecular formula is C18H27N3O5S. The summed E-state index contributed by atoms with van der Waals surface area (Å²) in [4.78, 5) is 24.2. The molecule has 2 atom stereocenters. The molecule has 0 unspecified atom stereocenters. The molecule has 1 aromatic carbocycles. The lowest BCUT2D eigenvalue weighted by atomic mass is 9.98.